The van der Waals surface area contributed by atoms with Crippen LogP contribution in [0.2, 0.25) is 5.02 Å². The number of aliphatic hydroxyl groups is 1. The van der Waals surface area contributed by atoms with Crippen molar-refractivity contribution < 1.29 is 19.4 Å². The Bertz CT molecular complexity index is 778. The lowest BCUT2D eigenvalue weighted by atomic mass is 9.95. The molecule has 2 amide bonds. The first-order chi connectivity index (χ1) is 12.5. The number of nitrogens with zero attached hydrogens (tertiary/aromatic N) is 1. The molecule has 2 aromatic carbocycles. The predicted molar refractivity (Wildman–Crippen MR) is 97.7 cm³/mol. The number of ether oxygens (including phenoxy) is 1. The fraction of sp³-hybridized carbons (Fsp3) is 0.300. The van der Waals surface area contributed by atoms with E-state index in [4.69, 9.17) is 16.3 Å². The lowest BCUT2D eigenvalue weighted by Gasteiger charge is -2.25. The minimum atomic E-state index is -1.04. The minimum Gasteiger partial charge on any atom is -0.447 e. The average Bonchev–Trinajstić information content (AvgIpc) is 3.01. The highest BCUT2D eigenvalue weighted by molar-refractivity contribution is 6.30. The summed E-state index contributed by atoms with van der Waals surface area (Å²) in [6, 6.07) is 15.9. The third-order valence-electron chi connectivity index (χ3n) is 4.59. The highest BCUT2D eigenvalue weighted by Crippen LogP contribution is 2.28. The van der Waals surface area contributed by atoms with Gasteiger partial charge in [-0.05, 0) is 29.7 Å². The monoisotopic (exact) mass is 373 g/mol. The van der Waals surface area contributed by atoms with Crippen LogP contribution in [0.25, 0.3) is 0 Å². The van der Waals surface area contributed by atoms with Gasteiger partial charge >= 0.3 is 6.09 Å². The molecule has 3 atom stereocenters. The lowest BCUT2D eigenvalue weighted by molar-refractivity contribution is -0.136. The molecule has 1 aliphatic heterocycles. The third kappa shape index (κ3) is 3.89. The highest BCUT2D eigenvalue weighted by atomic mass is 35.5. The molecule has 0 bridgehead atoms. The molecule has 1 N–H and O–H groups in total. The van der Waals surface area contributed by atoms with Crippen LogP contribution in [0.4, 0.5) is 4.79 Å². The van der Waals surface area contributed by atoms with E-state index in [0.29, 0.717) is 17.0 Å². The number of cyclic esters (lactones) is 1. The van der Waals surface area contributed by atoms with E-state index in [1.165, 1.54) is 0 Å². The lowest BCUT2D eigenvalue weighted by Crippen LogP contribution is -2.44. The normalized spacial score (nSPS) is 19.1. The van der Waals surface area contributed by atoms with Crippen molar-refractivity contribution in [2.45, 2.75) is 25.5 Å². The van der Waals surface area contributed by atoms with Crippen LogP contribution in [0.5, 0.6) is 0 Å². The maximum absolute atomic E-state index is 12.9. The van der Waals surface area contributed by atoms with Crippen molar-refractivity contribution in [3.63, 3.8) is 0 Å². The van der Waals surface area contributed by atoms with Crippen molar-refractivity contribution >= 4 is 23.6 Å². The number of halogens is 1. The van der Waals surface area contributed by atoms with E-state index < -0.39 is 24.0 Å². The van der Waals surface area contributed by atoms with Crippen molar-refractivity contribution in [1.82, 2.24) is 4.90 Å². The van der Waals surface area contributed by atoms with Crippen molar-refractivity contribution in [3.05, 3.63) is 70.7 Å². The van der Waals surface area contributed by atoms with E-state index in [9.17, 15) is 14.7 Å². The van der Waals surface area contributed by atoms with Gasteiger partial charge in [-0.15, -0.1) is 0 Å². The first-order valence-electron chi connectivity index (χ1n) is 8.44. The number of aliphatic hydroxyl groups excluding tert-OH is 1. The topological polar surface area (TPSA) is 66.8 Å². The molecule has 136 valence electrons. The number of imide groups is 1. The van der Waals surface area contributed by atoms with Crippen LogP contribution < -0.4 is 0 Å². The van der Waals surface area contributed by atoms with Gasteiger partial charge in [0.1, 0.15) is 6.61 Å². The number of hydrogen-bond donors (Lipinski definition) is 1. The van der Waals surface area contributed by atoms with E-state index in [0.717, 1.165) is 10.5 Å². The fourth-order valence-corrected chi connectivity index (χ4v) is 3.20. The summed E-state index contributed by atoms with van der Waals surface area (Å²) in [4.78, 5) is 26.1. The molecule has 0 aliphatic carbocycles. The highest BCUT2D eigenvalue weighted by Gasteiger charge is 2.41. The van der Waals surface area contributed by atoms with Crippen LogP contribution >= 0.6 is 11.6 Å². The molecular formula is C20H20ClNO4. The molecule has 6 heteroatoms. The number of amides is 2. The first kappa shape index (κ1) is 18.4. The van der Waals surface area contributed by atoms with Gasteiger partial charge in [0.05, 0.1) is 18.1 Å². The second-order valence-electron chi connectivity index (χ2n) is 6.41. The summed E-state index contributed by atoms with van der Waals surface area (Å²) in [6.07, 6.45) is -1.18. The Morgan fingerprint density at radius 3 is 2.54 bits per heavy atom. The number of hydrogen-bond acceptors (Lipinski definition) is 4. The van der Waals surface area contributed by atoms with Gasteiger partial charge in [-0.1, -0.05) is 61.0 Å². The van der Waals surface area contributed by atoms with Crippen molar-refractivity contribution in [1.29, 1.82) is 0 Å². The maximum atomic E-state index is 12.9. The Morgan fingerprint density at radius 1 is 1.23 bits per heavy atom. The van der Waals surface area contributed by atoms with E-state index in [1.807, 2.05) is 30.3 Å². The van der Waals surface area contributed by atoms with E-state index >= 15 is 0 Å². The molecule has 26 heavy (non-hydrogen) atoms. The summed E-state index contributed by atoms with van der Waals surface area (Å²) in [5.74, 6) is -1.24. The van der Waals surface area contributed by atoms with Gasteiger partial charge in [0.25, 0.3) is 0 Å². The summed E-state index contributed by atoms with van der Waals surface area (Å²) in [7, 11) is 0. The summed E-state index contributed by atoms with van der Waals surface area (Å²) in [5.41, 5.74) is 1.59. The Hall–Kier alpha value is -2.37. The molecule has 3 rings (SSSR count). The van der Waals surface area contributed by atoms with Crippen LogP contribution in [0.1, 0.15) is 24.2 Å². The van der Waals surface area contributed by atoms with Crippen LogP contribution in [0.15, 0.2) is 54.6 Å². The Kier molecular flexibility index (Phi) is 5.59. The summed E-state index contributed by atoms with van der Waals surface area (Å²) in [5, 5.41) is 11.1. The Labute approximate surface area is 157 Å². The maximum Gasteiger partial charge on any atom is 0.416 e. The molecule has 1 aliphatic rings. The molecule has 2 aromatic rings. The Balaban J connectivity index is 1.75. The number of rotatable bonds is 5. The second kappa shape index (κ2) is 7.89. The molecule has 0 unspecified atom stereocenters. The van der Waals surface area contributed by atoms with Crippen molar-refractivity contribution in [2.75, 3.05) is 6.61 Å². The predicted octanol–water partition coefficient (Wildman–Crippen LogP) is 3.60. The quantitative estimate of drug-likeness (QED) is 0.869. The molecule has 0 spiro atoms. The summed E-state index contributed by atoms with van der Waals surface area (Å²) in [6.45, 7) is 1.76. The van der Waals surface area contributed by atoms with Gasteiger partial charge in [0, 0.05) is 5.02 Å². The van der Waals surface area contributed by atoms with Gasteiger partial charge in [0.15, 0.2) is 0 Å². The molecule has 5 nitrogen and oxygen atoms in total. The summed E-state index contributed by atoms with van der Waals surface area (Å²) >= 11 is 5.86. The number of carbonyl (C=O) groups is 2. The molecule has 0 radical (unpaired) electrons. The van der Waals surface area contributed by atoms with Gasteiger partial charge in [0.2, 0.25) is 5.91 Å². The fourth-order valence-electron chi connectivity index (χ4n) is 3.07. The zero-order valence-electron chi connectivity index (χ0n) is 14.3. The standard InChI is InChI=1S/C20H20ClNO4/c1-13(18(23)15-7-9-16(21)10-8-15)19(24)22-17(12-26-20(22)25)11-14-5-3-2-4-6-14/h2-10,13,17-18,23H,11-12H2,1H3/t13-,17-,18-/m1/s1. The second-order valence-corrected chi connectivity index (χ2v) is 6.85. The van der Waals surface area contributed by atoms with Crippen LogP contribution in [0.3, 0.4) is 0 Å². The van der Waals surface area contributed by atoms with Crippen molar-refractivity contribution in [2.24, 2.45) is 5.92 Å². The molecule has 1 heterocycles. The number of carbonyl (C=O) groups excluding carboxylic acids is 2. The van der Waals surface area contributed by atoms with Crippen LogP contribution in [-0.4, -0.2) is 34.7 Å². The average molecular weight is 374 g/mol. The van der Waals surface area contributed by atoms with E-state index in [2.05, 4.69) is 0 Å². The minimum absolute atomic E-state index is 0.156. The number of benzene rings is 2. The van der Waals surface area contributed by atoms with Gasteiger partial charge in [-0.3, -0.25) is 4.79 Å². The van der Waals surface area contributed by atoms with Crippen LogP contribution in [-0.2, 0) is 16.0 Å². The molecule has 0 saturated carbocycles. The summed E-state index contributed by atoms with van der Waals surface area (Å²) < 4.78 is 5.09. The van der Waals surface area contributed by atoms with Crippen LogP contribution in [0, 0.1) is 5.92 Å². The van der Waals surface area contributed by atoms with E-state index in [1.54, 1.807) is 31.2 Å². The Morgan fingerprint density at radius 2 is 1.88 bits per heavy atom. The smallest absolute Gasteiger partial charge is 0.416 e. The molecule has 1 fully saturated rings. The van der Waals surface area contributed by atoms with Gasteiger partial charge in [-0.2, -0.15) is 0 Å². The molecule has 1 saturated heterocycles. The van der Waals surface area contributed by atoms with E-state index in [-0.39, 0.29) is 12.6 Å². The van der Waals surface area contributed by atoms with Crippen molar-refractivity contribution in [3.8, 4) is 0 Å². The molecular weight excluding hydrogens is 354 g/mol. The zero-order chi connectivity index (χ0) is 18.7. The first-order valence-corrected chi connectivity index (χ1v) is 8.82. The van der Waals surface area contributed by atoms with Gasteiger partial charge in [-0.25, -0.2) is 9.69 Å². The SMILES string of the molecule is C[C@@H](C(=O)N1C(=O)OC[C@H]1Cc1ccccc1)[C@@H](O)c1ccc(Cl)cc1. The largest absolute Gasteiger partial charge is 0.447 e. The van der Waals surface area contributed by atoms with Gasteiger partial charge < -0.3 is 9.84 Å². The third-order valence-corrected chi connectivity index (χ3v) is 4.84. The zero-order valence-corrected chi connectivity index (χ0v) is 15.1. The molecule has 0 aromatic heterocycles.